The third-order valence-electron chi connectivity index (χ3n) is 5.76. The molecule has 48 heavy (non-hydrogen) atoms. The van der Waals surface area contributed by atoms with E-state index >= 15 is 0 Å². The fourth-order valence-electron chi connectivity index (χ4n) is 3.50. The lowest BCUT2D eigenvalue weighted by Crippen LogP contribution is -2.31. The SMILES string of the molecule is Cc1nc(NS(=O)(=O)c2ccc(OCCCC(=O)O)c(F)c2)ncc1C(=O)NCCOCCOCC(=O)NCCOCCOCC(=O)O. The van der Waals surface area contributed by atoms with Gasteiger partial charge in [-0.3, -0.25) is 14.4 Å². The van der Waals surface area contributed by atoms with Crippen LogP contribution < -0.4 is 20.1 Å². The largest absolute Gasteiger partial charge is 0.491 e. The second-order valence-electron chi connectivity index (χ2n) is 9.57. The molecule has 266 valence electrons. The first-order valence-electron chi connectivity index (χ1n) is 14.5. The van der Waals surface area contributed by atoms with Crippen molar-refractivity contribution in [3.8, 4) is 5.75 Å². The quantitative estimate of drug-likeness (QED) is 0.0852. The summed E-state index contributed by atoms with van der Waals surface area (Å²) in [5.74, 6) is -4.52. The van der Waals surface area contributed by atoms with Gasteiger partial charge in [-0.1, -0.05) is 0 Å². The van der Waals surface area contributed by atoms with Crippen molar-refractivity contribution in [2.45, 2.75) is 24.7 Å². The molecule has 1 heterocycles. The van der Waals surface area contributed by atoms with Crippen molar-refractivity contribution in [3.05, 3.63) is 41.5 Å². The number of amides is 2. The maximum atomic E-state index is 14.4. The van der Waals surface area contributed by atoms with Crippen molar-refractivity contribution in [2.24, 2.45) is 0 Å². The van der Waals surface area contributed by atoms with E-state index in [1.165, 1.54) is 6.92 Å². The van der Waals surface area contributed by atoms with Gasteiger partial charge in [0.1, 0.15) is 13.2 Å². The highest BCUT2D eigenvalue weighted by Crippen LogP contribution is 2.23. The summed E-state index contributed by atoms with van der Waals surface area (Å²) >= 11 is 0. The van der Waals surface area contributed by atoms with E-state index in [0.29, 0.717) is 0 Å². The van der Waals surface area contributed by atoms with E-state index in [1.54, 1.807) is 0 Å². The topological polar surface area (TPSA) is 251 Å². The number of sulfonamides is 1. The monoisotopic (exact) mass is 703 g/mol. The number of nitrogens with zero attached hydrogens (tertiary/aromatic N) is 2. The molecule has 0 unspecified atom stereocenters. The summed E-state index contributed by atoms with van der Waals surface area (Å²) in [5, 5.41) is 22.3. The average Bonchev–Trinajstić information content (AvgIpc) is 3.02. The molecular formula is C28H38FN5O13S. The lowest BCUT2D eigenvalue weighted by atomic mass is 10.2. The standard InChI is InChI=1S/C28H38FN5O13S/c1-19-21(27(40)31-7-10-44-11-13-45-17-24(35)30-6-9-43-12-14-46-18-26(38)39)16-32-28(33-19)34-48(41,42)20-4-5-23(22(29)15-20)47-8-2-3-25(36)37/h4-5,15-16H,2-3,6-14,17-18H2,1H3,(H,30,35)(H,31,40)(H,36,37)(H,38,39)(H,32,33,34). The van der Waals surface area contributed by atoms with Crippen LogP contribution in [0.15, 0.2) is 29.3 Å². The van der Waals surface area contributed by atoms with Gasteiger partial charge in [-0.15, -0.1) is 0 Å². The highest BCUT2D eigenvalue weighted by molar-refractivity contribution is 7.92. The minimum atomic E-state index is -4.30. The normalized spacial score (nSPS) is 11.1. The summed E-state index contributed by atoms with van der Waals surface area (Å²) in [4.78, 5) is 52.5. The second kappa shape index (κ2) is 21.4. The number of aliphatic carboxylic acids is 2. The summed E-state index contributed by atoms with van der Waals surface area (Å²) in [5.41, 5.74) is 0.250. The molecule has 1 aromatic heterocycles. The van der Waals surface area contributed by atoms with Gasteiger partial charge in [0, 0.05) is 25.7 Å². The number of rotatable bonds is 25. The number of aromatic nitrogens is 2. The van der Waals surface area contributed by atoms with E-state index in [1.807, 2.05) is 0 Å². The Morgan fingerprint density at radius 3 is 2.12 bits per heavy atom. The maximum absolute atomic E-state index is 14.4. The number of aryl methyl sites for hydroxylation is 1. The lowest BCUT2D eigenvalue weighted by molar-refractivity contribution is -0.143. The molecule has 2 rings (SSSR count). The third-order valence-corrected chi connectivity index (χ3v) is 7.08. The summed E-state index contributed by atoms with van der Waals surface area (Å²) in [6, 6.07) is 2.95. The molecule has 0 radical (unpaired) electrons. The van der Waals surface area contributed by atoms with Gasteiger partial charge in [0.25, 0.3) is 15.9 Å². The molecule has 0 atom stereocenters. The van der Waals surface area contributed by atoms with E-state index < -0.39 is 45.2 Å². The van der Waals surface area contributed by atoms with Crippen LogP contribution >= 0.6 is 0 Å². The number of anilines is 1. The number of ether oxygens (including phenoxy) is 5. The Kier molecular flexibility index (Phi) is 17.7. The van der Waals surface area contributed by atoms with Crippen LogP contribution in [-0.4, -0.2) is 125 Å². The molecule has 0 spiro atoms. The Labute approximate surface area is 275 Å². The third kappa shape index (κ3) is 15.9. The number of hydrogen-bond donors (Lipinski definition) is 5. The Hall–Kier alpha value is -4.50. The number of halogens is 1. The number of carbonyl (C=O) groups is 4. The van der Waals surface area contributed by atoms with Crippen molar-refractivity contribution in [1.82, 2.24) is 20.6 Å². The predicted octanol–water partition coefficient (Wildman–Crippen LogP) is -0.0345. The zero-order chi connectivity index (χ0) is 35.4. The van der Waals surface area contributed by atoms with Crippen LogP contribution in [0.25, 0.3) is 0 Å². The summed E-state index contributed by atoms with van der Waals surface area (Å²) in [7, 11) is -4.30. The van der Waals surface area contributed by atoms with Gasteiger partial charge in [0.2, 0.25) is 11.9 Å². The van der Waals surface area contributed by atoms with Gasteiger partial charge in [-0.2, -0.15) is 0 Å². The number of nitrogens with one attached hydrogen (secondary N) is 3. The first-order chi connectivity index (χ1) is 22.9. The molecule has 0 aliphatic heterocycles. The highest BCUT2D eigenvalue weighted by Gasteiger charge is 2.20. The van der Waals surface area contributed by atoms with Crippen LogP contribution in [0.1, 0.15) is 28.9 Å². The summed E-state index contributed by atoms with van der Waals surface area (Å²) < 4.78 is 67.7. The molecule has 18 nitrogen and oxygen atoms in total. The van der Waals surface area contributed by atoms with Crippen LogP contribution in [0.4, 0.5) is 10.3 Å². The van der Waals surface area contributed by atoms with Crippen molar-refractivity contribution < 1.29 is 65.9 Å². The van der Waals surface area contributed by atoms with Gasteiger partial charge in [-0.25, -0.2) is 32.3 Å². The molecule has 5 N–H and O–H groups in total. The zero-order valence-electron chi connectivity index (χ0n) is 26.1. The average molecular weight is 704 g/mol. The van der Waals surface area contributed by atoms with Gasteiger partial charge in [0.15, 0.2) is 11.6 Å². The number of carboxylic acids is 2. The zero-order valence-corrected chi connectivity index (χ0v) is 26.9. The predicted molar refractivity (Wildman–Crippen MR) is 163 cm³/mol. The first kappa shape index (κ1) is 39.7. The molecule has 0 aliphatic rings. The van der Waals surface area contributed by atoms with Crippen molar-refractivity contribution in [1.29, 1.82) is 0 Å². The highest BCUT2D eigenvalue weighted by atomic mass is 32.2. The minimum Gasteiger partial charge on any atom is -0.491 e. The number of benzene rings is 1. The molecule has 0 saturated carbocycles. The van der Waals surface area contributed by atoms with E-state index in [2.05, 4.69) is 25.3 Å². The van der Waals surface area contributed by atoms with E-state index in [-0.39, 0.29) is 108 Å². The van der Waals surface area contributed by atoms with Gasteiger partial charge < -0.3 is 44.5 Å². The fourth-order valence-corrected chi connectivity index (χ4v) is 4.46. The first-order valence-corrected chi connectivity index (χ1v) is 16.0. The van der Waals surface area contributed by atoms with Crippen molar-refractivity contribution >= 4 is 39.7 Å². The number of carboxylic acid groups (broad SMARTS) is 2. The van der Waals surface area contributed by atoms with Crippen molar-refractivity contribution in [3.63, 3.8) is 0 Å². The van der Waals surface area contributed by atoms with E-state index in [4.69, 9.17) is 33.9 Å². The maximum Gasteiger partial charge on any atom is 0.329 e. The molecular weight excluding hydrogens is 665 g/mol. The lowest BCUT2D eigenvalue weighted by Gasteiger charge is -2.11. The molecule has 0 fully saturated rings. The smallest absolute Gasteiger partial charge is 0.329 e. The molecule has 0 aliphatic carbocycles. The van der Waals surface area contributed by atoms with Crippen LogP contribution in [0.3, 0.4) is 0 Å². The number of hydrogen-bond acceptors (Lipinski definition) is 13. The molecule has 2 amide bonds. The minimum absolute atomic E-state index is 0.0670. The molecule has 0 bridgehead atoms. The fraction of sp³-hybridized carbons (Fsp3) is 0.500. The van der Waals surface area contributed by atoms with Gasteiger partial charge in [-0.05, 0) is 31.5 Å². The summed E-state index contributed by atoms with van der Waals surface area (Å²) in [6.45, 7) is 2.15. The Balaban J connectivity index is 1.64. The summed E-state index contributed by atoms with van der Waals surface area (Å²) in [6.07, 6.45) is 1.12. The van der Waals surface area contributed by atoms with E-state index in [9.17, 15) is 32.0 Å². The number of carbonyl (C=O) groups excluding carboxylic acids is 2. The molecule has 0 saturated heterocycles. The van der Waals surface area contributed by atoms with Gasteiger partial charge >= 0.3 is 11.9 Å². The van der Waals surface area contributed by atoms with E-state index in [0.717, 1.165) is 24.4 Å². The second-order valence-corrected chi connectivity index (χ2v) is 11.2. The van der Waals surface area contributed by atoms with Crippen LogP contribution in [0, 0.1) is 12.7 Å². The van der Waals surface area contributed by atoms with Gasteiger partial charge in [0.05, 0.1) is 62.4 Å². The Morgan fingerprint density at radius 1 is 0.854 bits per heavy atom. The van der Waals surface area contributed by atoms with Crippen molar-refractivity contribution in [2.75, 3.05) is 77.3 Å². The van der Waals surface area contributed by atoms with Crippen LogP contribution in [0.2, 0.25) is 0 Å². The van der Waals surface area contributed by atoms with Crippen LogP contribution in [-0.2, 0) is 43.4 Å². The molecule has 20 heteroatoms. The molecule has 2 aromatic rings. The Bertz CT molecular complexity index is 1480. The van der Waals surface area contributed by atoms with Crippen LogP contribution in [0.5, 0.6) is 5.75 Å². The molecule has 1 aromatic carbocycles. The Morgan fingerprint density at radius 2 is 1.50 bits per heavy atom.